The van der Waals surface area contributed by atoms with Gasteiger partial charge in [-0.1, -0.05) is 60.7 Å². The highest BCUT2D eigenvalue weighted by Crippen LogP contribution is 2.31. The van der Waals surface area contributed by atoms with E-state index in [2.05, 4.69) is 4.98 Å². The van der Waals surface area contributed by atoms with Crippen LogP contribution < -0.4 is 4.90 Å². The molecule has 1 saturated heterocycles. The van der Waals surface area contributed by atoms with Crippen molar-refractivity contribution in [3.63, 3.8) is 0 Å². The summed E-state index contributed by atoms with van der Waals surface area (Å²) in [5, 5.41) is 8.74. The molecule has 1 aromatic heterocycles. The first kappa shape index (κ1) is 20.0. The lowest BCUT2D eigenvalue weighted by Gasteiger charge is -2.35. The highest BCUT2D eigenvalue weighted by Gasteiger charge is 2.31. The highest BCUT2D eigenvalue weighted by molar-refractivity contribution is 5.78. The Labute approximate surface area is 174 Å². The van der Waals surface area contributed by atoms with Crippen molar-refractivity contribution in [2.45, 2.75) is 18.7 Å². The Bertz CT molecular complexity index is 1000. The number of carboxylic acids is 1. The van der Waals surface area contributed by atoms with E-state index >= 15 is 0 Å². The lowest BCUT2D eigenvalue weighted by Crippen LogP contribution is -2.46. The molecule has 154 valence electrons. The number of aromatic nitrogens is 2. The zero-order chi connectivity index (χ0) is 20.9. The Morgan fingerprint density at radius 1 is 1.07 bits per heavy atom. The van der Waals surface area contributed by atoms with Crippen LogP contribution in [0.1, 0.15) is 6.42 Å². The number of halogens is 1. The highest BCUT2D eigenvalue weighted by atomic mass is 19.1. The number of alkyl halides is 1. The molecule has 1 fully saturated rings. The van der Waals surface area contributed by atoms with E-state index in [-0.39, 0.29) is 6.54 Å². The quantitative estimate of drug-likeness (QED) is 0.669. The molecule has 1 N–H and O–H groups in total. The standard InChI is InChI=1S/C23H22FN3O3/c24-18-14-27(12-11-19(18)30-15-21(28)29)20-13-25-22(16-7-3-1-4-8-16)23(26-20)17-9-5-2-6-10-17/h1-10,13,18-19H,11-12,14-15H2,(H,28,29)/t18-,19+/m1/s1. The number of piperidine rings is 1. The third kappa shape index (κ3) is 4.46. The van der Waals surface area contributed by atoms with Crippen molar-refractivity contribution in [1.29, 1.82) is 0 Å². The van der Waals surface area contributed by atoms with Crippen LogP contribution in [0.4, 0.5) is 10.2 Å². The lowest BCUT2D eigenvalue weighted by molar-refractivity contribution is -0.146. The minimum absolute atomic E-state index is 0.0812. The van der Waals surface area contributed by atoms with Gasteiger partial charge in [0.2, 0.25) is 0 Å². The van der Waals surface area contributed by atoms with Crippen LogP contribution in [0.25, 0.3) is 22.5 Å². The largest absolute Gasteiger partial charge is 0.480 e. The van der Waals surface area contributed by atoms with Crippen LogP contribution >= 0.6 is 0 Å². The van der Waals surface area contributed by atoms with Crippen molar-refractivity contribution in [2.24, 2.45) is 0 Å². The molecule has 0 unspecified atom stereocenters. The Morgan fingerprint density at radius 2 is 1.70 bits per heavy atom. The monoisotopic (exact) mass is 407 g/mol. The van der Waals surface area contributed by atoms with Gasteiger partial charge in [-0.15, -0.1) is 0 Å². The maximum absolute atomic E-state index is 14.6. The fourth-order valence-corrected chi connectivity index (χ4v) is 3.59. The van der Waals surface area contributed by atoms with E-state index < -0.39 is 24.9 Å². The average Bonchev–Trinajstić information content (AvgIpc) is 2.79. The molecule has 0 radical (unpaired) electrons. The molecule has 2 heterocycles. The van der Waals surface area contributed by atoms with E-state index in [0.29, 0.717) is 18.8 Å². The second kappa shape index (κ2) is 9.00. The summed E-state index contributed by atoms with van der Waals surface area (Å²) in [7, 11) is 0. The van der Waals surface area contributed by atoms with E-state index in [9.17, 15) is 9.18 Å². The molecular weight excluding hydrogens is 385 g/mol. The molecule has 0 saturated carbocycles. The summed E-state index contributed by atoms with van der Waals surface area (Å²) in [4.78, 5) is 22.0. The van der Waals surface area contributed by atoms with Gasteiger partial charge in [0.05, 0.1) is 30.2 Å². The third-order valence-electron chi connectivity index (χ3n) is 5.08. The SMILES string of the molecule is O=C(O)CO[C@H]1CCN(c2cnc(-c3ccccc3)c(-c3ccccc3)n2)C[C@H]1F. The zero-order valence-corrected chi connectivity index (χ0v) is 16.3. The number of carboxylic acid groups (broad SMARTS) is 1. The predicted octanol–water partition coefficient (Wildman–Crippen LogP) is 3.83. The molecule has 7 heteroatoms. The van der Waals surface area contributed by atoms with E-state index in [1.165, 1.54) is 0 Å². The van der Waals surface area contributed by atoms with Crippen LogP contribution in [0.15, 0.2) is 66.9 Å². The zero-order valence-electron chi connectivity index (χ0n) is 16.3. The van der Waals surface area contributed by atoms with Gasteiger partial charge in [0.15, 0.2) is 0 Å². The van der Waals surface area contributed by atoms with Crippen molar-refractivity contribution >= 4 is 11.8 Å². The number of nitrogens with zero attached hydrogens (tertiary/aromatic N) is 3. The Hall–Kier alpha value is -3.32. The first-order valence-electron chi connectivity index (χ1n) is 9.82. The van der Waals surface area contributed by atoms with Crippen LogP contribution in [-0.4, -0.2) is 53.0 Å². The first-order chi connectivity index (χ1) is 14.6. The van der Waals surface area contributed by atoms with Gasteiger partial charge in [-0.3, -0.25) is 4.98 Å². The van der Waals surface area contributed by atoms with Crippen LogP contribution in [0.5, 0.6) is 0 Å². The van der Waals surface area contributed by atoms with Crippen molar-refractivity contribution in [3.05, 3.63) is 66.9 Å². The van der Waals surface area contributed by atoms with Crippen LogP contribution in [0, 0.1) is 0 Å². The van der Waals surface area contributed by atoms with Crippen LogP contribution in [-0.2, 0) is 9.53 Å². The minimum atomic E-state index is -1.30. The smallest absolute Gasteiger partial charge is 0.329 e. The number of hydrogen-bond donors (Lipinski definition) is 1. The number of aliphatic carboxylic acids is 1. The molecule has 6 nitrogen and oxygen atoms in total. The van der Waals surface area contributed by atoms with Crippen molar-refractivity contribution in [1.82, 2.24) is 9.97 Å². The van der Waals surface area contributed by atoms with Gasteiger partial charge < -0.3 is 14.7 Å². The molecule has 4 rings (SSSR count). The van der Waals surface area contributed by atoms with Crippen molar-refractivity contribution < 1.29 is 19.0 Å². The fourth-order valence-electron chi connectivity index (χ4n) is 3.59. The van der Waals surface area contributed by atoms with Gasteiger partial charge in [-0.2, -0.15) is 0 Å². The topological polar surface area (TPSA) is 75.6 Å². The molecule has 2 atom stereocenters. The molecule has 0 aliphatic carbocycles. The summed E-state index contributed by atoms with van der Waals surface area (Å²) in [5.41, 5.74) is 3.39. The number of benzene rings is 2. The van der Waals surface area contributed by atoms with Crippen LogP contribution in [0.2, 0.25) is 0 Å². The van der Waals surface area contributed by atoms with E-state index in [1.54, 1.807) is 6.20 Å². The second-order valence-electron chi connectivity index (χ2n) is 7.15. The number of rotatable bonds is 6. The Balaban J connectivity index is 1.62. The summed E-state index contributed by atoms with van der Waals surface area (Å²) in [6.07, 6.45) is 0.0355. The van der Waals surface area contributed by atoms with Crippen molar-refractivity contribution in [3.8, 4) is 22.5 Å². The molecule has 2 aromatic carbocycles. The Kier molecular flexibility index (Phi) is 5.99. The summed E-state index contributed by atoms with van der Waals surface area (Å²) >= 11 is 0. The summed E-state index contributed by atoms with van der Waals surface area (Å²) in [6, 6.07) is 19.6. The molecule has 3 aromatic rings. The summed E-state index contributed by atoms with van der Waals surface area (Å²) in [5.74, 6) is -0.507. The summed E-state index contributed by atoms with van der Waals surface area (Å²) < 4.78 is 19.8. The number of carbonyl (C=O) groups is 1. The number of anilines is 1. The number of ether oxygens (including phenoxy) is 1. The van der Waals surface area contributed by atoms with Gasteiger partial charge in [0, 0.05) is 17.7 Å². The maximum Gasteiger partial charge on any atom is 0.329 e. The Morgan fingerprint density at radius 3 is 2.30 bits per heavy atom. The molecule has 0 bridgehead atoms. The summed E-state index contributed by atoms with van der Waals surface area (Å²) in [6.45, 7) is 0.102. The third-order valence-corrected chi connectivity index (χ3v) is 5.08. The fraction of sp³-hybridized carbons (Fsp3) is 0.261. The van der Waals surface area contributed by atoms with E-state index in [4.69, 9.17) is 14.8 Å². The molecule has 0 spiro atoms. The predicted molar refractivity (Wildman–Crippen MR) is 112 cm³/mol. The van der Waals surface area contributed by atoms with Gasteiger partial charge in [-0.05, 0) is 6.42 Å². The van der Waals surface area contributed by atoms with E-state index in [0.717, 1.165) is 22.5 Å². The first-order valence-corrected chi connectivity index (χ1v) is 9.82. The van der Waals surface area contributed by atoms with Gasteiger partial charge in [0.25, 0.3) is 0 Å². The second-order valence-corrected chi connectivity index (χ2v) is 7.15. The molecular formula is C23H22FN3O3. The van der Waals surface area contributed by atoms with Gasteiger partial charge in [0.1, 0.15) is 18.6 Å². The lowest BCUT2D eigenvalue weighted by atomic mass is 10.0. The van der Waals surface area contributed by atoms with Crippen LogP contribution in [0.3, 0.4) is 0 Å². The molecule has 0 amide bonds. The molecule has 1 aliphatic rings. The normalized spacial score (nSPS) is 18.9. The minimum Gasteiger partial charge on any atom is -0.480 e. The molecule has 1 aliphatic heterocycles. The number of hydrogen-bond acceptors (Lipinski definition) is 5. The average molecular weight is 407 g/mol. The van der Waals surface area contributed by atoms with E-state index in [1.807, 2.05) is 65.6 Å². The molecule has 30 heavy (non-hydrogen) atoms. The van der Waals surface area contributed by atoms with Gasteiger partial charge in [-0.25, -0.2) is 14.2 Å². The maximum atomic E-state index is 14.6. The van der Waals surface area contributed by atoms with Gasteiger partial charge >= 0.3 is 5.97 Å². The van der Waals surface area contributed by atoms with Crippen molar-refractivity contribution in [2.75, 3.05) is 24.6 Å².